The summed E-state index contributed by atoms with van der Waals surface area (Å²) in [6, 6.07) is 7.76. The molecule has 88 valence electrons. The summed E-state index contributed by atoms with van der Waals surface area (Å²) in [4.78, 5) is 4.06. The van der Waals surface area contributed by atoms with Crippen LogP contribution in [0.15, 0.2) is 40.9 Å². The average molecular weight is 247 g/mol. The second-order valence-corrected chi connectivity index (χ2v) is 4.10. The molecule has 0 spiro atoms. The lowest BCUT2D eigenvalue weighted by Gasteiger charge is -2.01. The van der Waals surface area contributed by atoms with Gasteiger partial charge in [-0.05, 0) is 36.8 Å². The van der Waals surface area contributed by atoms with Crippen LogP contribution in [-0.2, 0) is 0 Å². The molecule has 17 heavy (non-hydrogen) atoms. The minimum Gasteiger partial charge on any atom is -0.494 e. The van der Waals surface area contributed by atoms with Crippen LogP contribution in [-0.4, -0.2) is 17.8 Å². The molecule has 0 amide bonds. The first-order valence-corrected chi connectivity index (χ1v) is 6.18. The van der Waals surface area contributed by atoms with Gasteiger partial charge in [-0.15, -0.1) is 11.3 Å². The predicted octanol–water partition coefficient (Wildman–Crippen LogP) is 2.99. The average Bonchev–Trinajstić information content (AvgIpc) is 2.85. The van der Waals surface area contributed by atoms with Crippen molar-refractivity contribution in [2.24, 2.45) is 5.10 Å². The summed E-state index contributed by atoms with van der Waals surface area (Å²) in [6.45, 7) is 2.65. The number of hydrazone groups is 1. The topological polar surface area (TPSA) is 46.5 Å². The molecule has 1 aromatic heterocycles. The number of nitrogens with one attached hydrogen (secondary N) is 1. The maximum atomic E-state index is 5.36. The molecule has 4 nitrogen and oxygen atoms in total. The Kier molecular flexibility index (Phi) is 4.10. The number of ether oxygens (including phenoxy) is 1. The molecule has 0 saturated carbocycles. The summed E-state index contributed by atoms with van der Waals surface area (Å²) in [5, 5.41) is 6.77. The van der Waals surface area contributed by atoms with Crippen LogP contribution in [0.1, 0.15) is 12.5 Å². The maximum absolute atomic E-state index is 5.36. The molecular formula is C12H13N3OS. The van der Waals surface area contributed by atoms with Crippen LogP contribution in [0.5, 0.6) is 5.75 Å². The van der Waals surface area contributed by atoms with Crippen LogP contribution in [0.4, 0.5) is 5.13 Å². The minimum atomic E-state index is 0.680. The van der Waals surface area contributed by atoms with E-state index in [1.165, 1.54) is 11.3 Å². The molecule has 0 saturated heterocycles. The van der Waals surface area contributed by atoms with Gasteiger partial charge in [0.2, 0.25) is 5.13 Å². The summed E-state index contributed by atoms with van der Waals surface area (Å²) < 4.78 is 5.36. The van der Waals surface area contributed by atoms with Gasteiger partial charge in [0.15, 0.2) is 0 Å². The van der Waals surface area contributed by atoms with Crippen molar-refractivity contribution in [1.82, 2.24) is 4.98 Å². The number of aromatic nitrogens is 1. The number of rotatable bonds is 5. The Hall–Kier alpha value is -1.88. The lowest BCUT2D eigenvalue weighted by atomic mass is 10.2. The molecule has 0 atom stereocenters. The van der Waals surface area contributed by atoms with E-state index in [4.69, 9.17) is 4.74 Å². The first-order chi connectivity index (χ1) is 8.38. The van der Waals surface area contributed by atoms with Gasteiger partial charge in [-0.3, -0.25) is 5.43 Å². The van der Waals surface area contributed by atoms with Crippen molar-refractivity contribution in [3.63, 3.8) is 0 Å². The number of hydrogen-bond donors (Lipinski definition) is 1. The van der Waals surface area contributed by atoms with Crippen molar-refractivity contribution in [2.45, 2.75) is 6.92 Å². The Balaban J connectivity index is 1.92. The fourth-order valence-corrected chi connectivity index (χ4v) is 1.74. The van der Waals surface area contributed by atoms with E-state index in [2.05, 4.69) is 15.5 Å². The standard InChI is InChI=1S/C12H13N3OS/c1-2-16-11-5-3-10(4-6-11)9-14-15-12-13-7-8-17-12/h3-9H,2H2,1H3,(H,13,15)/b14-9+. The van der Waals surface area contributed by atoms with Gasteiger partial charge in [-0.2, -0.15) is 5.10 Å². The third kappa shape index (κ3) is 3.57. The van der Waals surface area contributed by atoms with Gasteiger partial charge in [-0.25, -0.2) is 4.98 Å². The Morgan fingerprint density at radius 2 is 2.24 bits per heavy atom. The third-order valence-electron chi connectivity index (χ3n) is 2.00. The van der Waals surface area contributed by atoms with Crippen LogP contribution in [0, 0.1) is 0 Å². The molecule has 0 unspecified atom stereocenters. The third-order valence-corrected chi connectivity index (χ3v) is 2.67. The highest BCUT2D eigenvalue weighted by Crippen LogP contribution is 2.12. The van der Waals surface area contributed by atoms with Gasteiger partial charge in [0, 0.05) is 11.6 Å². The number of thiazole rings is 1. The highest BCUT2D eigenvalue weighted by Gasteiger charge is 1.92. The van der Waals surface area contributed by atoms with Gasteiger partial charge in [0.25, 0.3) is 0 Å². The quantitative estimate of drug-likeness (QED) is 0.652. The molecule has 2 aromatic rings. The Morgan fingerprint density at radius 3 is 2.88 bits per heavy atom. The fourth-order valence-electron chi connectivity index (χ4n) is 1.26. The molecule has 1 aromatic carbocycles. The monoisotopic (exact) mass is 247 g/mol. The highest BCUT2D eigenvalue weighted by molar-refractivity contribution is 7.13. The van der Waals surface area contributed by atoms with Crippen molar-refractivity contribution in [3.05, 3.63) is 41.4 Å². The molecule has 0 radical (unpaired) electrons. The number of nitrogens with zero attached hydrogens (tertiary/aromatic N) is 2. The first kappa shape index (κ1) is 11.6. The van der Waals surface area contributed by atoms with Crippen molar-refractivity contribution < 1.29 is 4.74 Å². The van der Waals surface area contributed by atoms with E-state index in [0.717, 1.165) is 16.4 Å². The van der Waals surface area contributed by atoms with E-state index >= 15 is 0 Å². The van der Waals surface area contributed by atoms with Crippen molar-refractivity contribution in [3.8, 4) is 5.75 Å². The van der Waals surface area contributed by atoms with E-state index in [1.54, 1.807) is 12.4 Å². The van der Waals surface area contributed by atoms with E-state index in [9.17, 15) is 0 Å². The van der Waals surface area contributed by atoms with Crippen molar-refractivity contribution >= 4 is 22.7 Å². The summed E-state index contributed by atoms with van der Waals surface area (Å²) in [5.74, 6) is 0.873. The minimum absolute atomic E-state index is 0.680. The zero-order valence-electron chi connectivity index (χ0n) is 9.46. The molecule has 0 aliphatic rings. The molecule has 0 aliphatic heterocycles. The molecule has 1 heterocycles. The van der Waals surface area contributed by atoms with Crippen molar-refractivity contribution in [1.29, 1.82) is 0 Å². The molecule has 0 bridgehead atoms. The van der Waals surface area contributed by atoms with Gasteiger partial charge in [-0.1, -0.05) is 0 Å². The Bertz CT molecular complexity index is 465. The molecule has 0 fully saturated rings. The lowest BCUT2D eigenvalue weighted by Crippen LogP contribution is -1.92. The predicted molar refractivity (Wildman–Crippen MR) is 70.9 cm³/mol. The van der Waals surface area contributed by atoms with Crippen molar-refractivity contribution in [2.75, 3.05) is 12.0 Å². The molecule has 0 aliphatic carbocycles. The summed E-state index contributed by atoms with van der Waals surface area (Å²) in [5.41, 5.74) is 3.87. The van der Waals surface area contributed by atoms with E-state index in [0.29, 0.717) is 6.61 Å². The second kappa shape index (κ2) is 6.00. The highest BCUT2D eigenvalue weighted by atomic mass is 32.1. The van der Waals surface area contributed by atoms with Crippen LogP contribution in [0.2, 0.25) is 0 Å². The Morgan fingerprint density at radius 1 is 1.41 bits per heavy atom. The summed E-state index contributed by atoms with van der Waals surface area (Å²) in [6.07, 6.45) is 3.48. The molecule has 2 rings (SSSR count). The summed E-state index contributed by atoms with van der Waals surface area (Å²) >= 11 is 1.51. The van der Waals surface area contributed by atoms with Crippen LogP contribution in [0.3, 0.4) is 0 Å². The number of benzene rings is 1. The van der Waals surface area contributed by atoms with Crippen LogP contribution < -0.4 is 10.2 Å². The van der Waals surface area contributed by atoms with Gasteiger partial charge < -0.3 is 4.74 Å². The zero-order valence-corrected chi connectivity index (χ0v) is 10.3. The largest absolute Gasteiger partial charge is 0.494 e. The SMILES string of the molecule is CCOc1ccc(/C=N/Nc2nccs2)cc1. The smallest absolute Gasteiger partial charge is 0.203 e. The lowest BCUT2D eigenvalue weighted by molar-refractivity contribution is 0.340. The second-order valence-electron chi connectivity index (χ2n) is 3.21. The van der Waals surface area contributed by atoms with E-state index in [-0.39, 0.29) is 0 Å². The molecule has 1 N–H and O–H groups in total. The van der Waals surface area contributed by atoms with Gasteiger partial charge >= 0.3 is 0 Å². The maximum Gasteiger partial charge on any atom is 0.203 e. The van der Waals surface area contributed by atoms with E-state index in [1.807, 2.05) is 36.6 Å². The molecular weight excluding hydrogens is 234 g/mol. The van der Waals surface area contributed by atoms with Crippen LogP contribution in [0.25, 0.3) is 0 Å². The molecule has 5 heteroatoms. The van der Waals surface area contributed by atoms with Gasteiger partial charge in [0.05, 0.1) is 12.8 Å². The number of hydrogen-bond acceptors (Lipinski definition) is 5. The number of anilines is 1. The first-order valence-electron chi connectivity index (χ1n) is 5.30. The Labute approximate surface area is 104 Å². The zero-order chi connectivity index (χ0) is 11.9. The normalized spacial score (nSPS) is 10.6. The van der Waals surface area contributed by atoms with E-state index < -0.39 is 0 Å². The fraction of sp³-hybridized carbons (Fsp3) is 0.167. The summed E-state index contributed by atoms with van der Waals surface area (Å²) in [7, 11) is 0. The van der Waals surface area contributed by atoms with Gasteiger partial charge in [0.1, 0.15) is 5.75 Å². The van der Waals surface area contributed by atoms with Crippen LogP contribution >= 0.6 is 11.3 Å².